The zero-order chi connectivity index (χ0) is 13.0. The fourth-order valence-electron chi connectivity index (χ4n) is 1.67. The van der Waals surface area contributed by atoms with Gasteiger partial charge in [0.25, 0.3) is 0 Å². The molecule has 0 amide bonds. The van der Waals surface area contributed by atoms with Crippen molar-refractivity contribution in [2.24, 2.45) is 0 Å². The lowest BCUT2D eigenvalue weighted by atomic mass is 9.98. The Hall–Kier alpha value is -1.61. The molecule has 0 saturated heterocycles. The van der Waals surface area contributed by atoms with Crippen molar-refractivity contribution in [2.45, 2.75) is 26.2 Å². The molecule has 2 rings (SSSR count). The summed E-state index contributed by atoms with van der Waals surface area (Å²) in [4.78, 5) is 0. The number of hydrogen-bond acceptors (Lipinski definition) is 3. The molecule has 94 valence electrons. The van der Waals surface area contributed by atoms with E-state index in [2.05, 4.69) is 30.1 Å². The molecule has 18 heavy (non-hydrogen) atoms. The van der Waals surface area contributed by atoms with E-state index >= 15 is 0 Å². The monoisotopic (exact) mass is 262 g/mol. The van der Waals surface area contributed by atoms with E-state index < -0.39 is 0 Å². The van der Waals surface area contributed by atoms with Crippen LogP contribution in [0.3, 0.4) is 0 Å². The number of hydrogen-bond donors (Lipinski definition) is 0. The molecule has 0 radical (unpaired) electrons. The second-order valence-corrected chi connectivity index (χ2v) is 4.53. The van der Waals surface area contributed by atoms with Crippen molar-refractivity contribution in [3.63, 3.8) is 0 Å². The molecule has 0 bridgehead atoms. The normalized spacial score (nSPS) is 12.2. The fourth-order valence-corrected chi connectivity index (χ4v) is 1.77. The van der Waals surface area contributed by atoms with Crippen LogP contribution in [-0.2, 0) is 0 Å². The molecule has 0 N–H and O–H groups in total. The second-order valence-electron chi connectivity index (χ2n) is 4.14. The Labute approximate surface area is 112 Å². The zero-order valence-electron chi connectivity index (χ0n) is 10.4. The Bertz CT molecular complexity index is 513. The lowest BCUT2D eigenvalue weighted by Gasteiger charge is -2.14. The first-order chi connectivity index (χ1) is 8.70. The zero-order valence-corrected chi connectivity index (χ0v) is 11.2. The van der Waals surface area contributed by atoms with Crippen LogP contribution in [0, 0.1) is 0 Å². The predicted octanol–water partition coefficient (Wildman–Crippen LogP) is 4.44. The number of halogens is 1. The molecule has 1 heterocycles. The third-order valence-electron chi connectivity index (χ3n) is 2.88. The third kappa shape index (κ3) is 2.99. The first-order valence-corrected chi connectivity index (χ1v) is 6.34. The largest absolute Gasteiger partial charge is 0.437 e. The molecule has 0 spiro atoms. The van der Waals surface area contributed by atoms with Crippen molar-refractivity contribution in [1.29, 1.82) is 0 Å². The topological polar surface area (TPSA) is 35.0 Å². The minimum absolute atomic E-state index is 0.359. The number of rotatable bonds is 4. The van der Waals surface area contributed by atoms with Crippen molar-refractivity contribution in [3.8, 4) is 11.6 Å². The maximum atomic E-state index is 5.76. The van der Waals surface area contributed by atoms with Gasteiger partial charge < -0.3 is 4.74 Å². The molecule has 0 aliphatic carbocycles. The molecule has 1 atom stereocenters. The van der Waals surface area contributed by atoms with Crippen LogP contribution >= 0.6 is 11.6 Å². The summed E-state index contributed by atoms with van der Waals surface area (Å²) in [6, 6.07) is 11.4. The van der Waals surface area contributed by atoms with Crippen molar-refractivity contribution in [3.05, 3.63) is 47.1 Å². The van der Waals surface area contributed by atoms with E-state index in [0.29, 0.717) is 17.0 Å². The summed E-state index contributed by atoms with van der Waals surface area (Å²) in [5.41, 5.74) is 1.18. The summed E-state index contributed by atoms with van der Waals surface area (Å²) in [6.45, 7) is 4.33. The molecule has 0 saturated carbocycles. The van der Waals surface area contributed by atoms with Gasteiger partial charge in [-0.2, -0.15) is 0 Å². The molecule has 3 nitrogen and oxygen atoms in total. The van der Waals surface area contributed by atoms with E-state index in [1.807, 2.05) is 18.2 Å². The average Bonchev–Trinajstić information content (AvgIpc) is 2.41. The van der Waals surface area contributed by atoms with Gasteiger partial charge >= 0.3 is 0 Å². The van der Waals surface area contributed by atoms with Gasteiger partial charge in [0.2, 0.25) is 5.88 Å². The summed E-state index contributed by atoms with van der Waals surface area (Å²) >= 11 is 5.69. The van der Waals surface area contributed by atoms with Gasteiger partial charge in [-0.05, 0) is 30.0 Å². The molecule has 1 aromatic heterocycles. The summed E-state index contributed by atoms with van der Waals surface area (Å²) in [5, 5.41) is 8.01. The van der Waals surface area contributed by atoms with Crippen LogP contribution in [-0.4, -0.2) is 10.2 Å². The first-order valence-electron chi connectivity index (χ1n) is 5.96. The Kier molecular flexibility index (Phi) is 4.15. The van der Waals surface area contributed by atoms with Crippen LogP contribution in [0.2, 0.25) is 5.15 Å². The second kappa shape index (κ2) is 5.83. The van der Waals surface area contributed by atoms with Gasteiger partial charge in [0.05, 0.1) is 0 Å². The highest BCUT2D eigenvalue weighted by molar-refractivity contribution is 6.29. The summed E-state index contributed by atoms with van der Waals surface area (Å²) < 4.78 is 5.76. The predicted molar refractivity (Wildman–Crippen MR) is 72.3 cm³/mol. The van der Waals surface area contributed by atoms with Crippen molar-refractivity contribution >= 4 is 11.6 Å². The molecule has 2 aromatic rings. The average molecular weight is 263 g/mol. The lowest BCUT2D eigenvalue weighted by Crippen LogP contribution is -1.97. The van der Waals surface area contributed by atoms with Gasteiger partial charge in [0.15, 0.2) is 5.15 Å². The Morgan fingerprint density at radius 2 is 1.94 bits per heavy atom. The summed E-state index contributed by atoms with van der Waals surface area (Å²) in [7, 11) is 0. The Morgan fingerprint density at radius 1 is 1.17 bits per heavy atom. The number of benzene rings is 1. The van der Waals surface area contributed by atoms with E-state index in [1.54, 1.807) is 12.1 Å². The van der Waals surface area contributed by atoms with Crippen molar-refractivity contribution in [2.75, 3.05) is 0 Å². The van der Waals surface area contributed by atoms with Gasteiger partial charge in [0, 0.05) is 6.07 Å². The van der Waals surface area contributed by atoms with Crippen LogP contribution < -0.4 is 4.74 Å². The SMILES string of the molecule is CCC(C)c1ccccc1Oc1ccc(Cl)nn1. The molecule has 1 unspecified atom stereocenters. The molecule has 0 aliphatic heterocycles. The smallest absolute Gasteiger partial charge is 0.238 e. The molecule has 4 heteroatoms. The van der Waals surface area contributed by atoms with Crippen LogP contribution in [0.4, 0.5) is 0 Å². The van der Waals surface area contributed by atoms with Gasteiger partial charge in [0.1, 0.15) is 5.75 Å². The molecule has 0 fully saturated rings. The minimum Gasteiger partial charge on any atom is -0.437 e. The van der Waals surface area contributed by atoms with Crippen LogP contribution in [0.25, 0.3) is 0 Å². The number of ether oxygens (including phenoxy) is 1. The van der Waals surface area contributed by atoms with Crippen LogP contribution in [0.5, 0.6) is 11.6 Å². The van der Waals surface area contributed by atoms with E-state index in [4.69, 9.17) is 16.3 Å². The van der Waals surface area contributed by atoms with Gasteiger partial charge in [-0.1, -0.05) is 43.6 Å². The molecule has 1 aromatic carbocycles. The molecular weight excluding hydrogens is 248 g/mol. The highest BCUT2D eigenvalue weighted by atomic mass is 35.5. The number of aromatic nitrogens is 2. The van der Waals surface area contributed by atoms with E-state index in [9.17, 15) is 0 Å². The van der Waals surface area contributed by atoms with Crippen molar-refractivity contribution in [1.82, 2.24) is 10.2 Å². The Balaban J connectivity index is 2.26. The maximum absolute atomic E-state index is 5.76. The minimum atomic E-state index is 0.359. The number of nitrogens with zero attached hydrogens (tertiary/aromatic N) is 2. The standard InChI is InChI=1S/C14H15ClN2O/c1-3-10(2)11-6-4-5-7-12(11)18-14-9-8-13(15)16-17-14/h4-10H,3H2,1-2H3. The van der Waals surface area contributed by atoms with Gasteiger partial charge in [-0.3, -0.25) is 0 Å². The maximum Gasteiger partial charge on any atom is 0.238 e. The van der Waals surface area contributed by atoms with E-state index in [0.717, 1.165) is 12.2 Å². The number of para-hydroxylation sites is 1. The highest BCUT2D eigenvalue weighted by Gasteiger charge is 2.10. The lowest BCUT2D eigenvalue weighted by molar-refractivity contribution is 0.445. The quantitative estimate of drug-likeness (QED) is 0.817. The fraction of sp³-hybridized carbons (Fsp3) is 0.286. The van der Waals surface area contributed by atoms with E-state index in [1.165, 1.54) is 5.56 Å². The van der Waals surface area contributed by atoms with Crippen molar-refractivity contribution < 1.29 is 4.74 Å². The van der Waals surface area contributed by atoms with Gasteiger partial charge in [-0.15, -0.1) is 10.2 Å². The summed E-state index contributed by atoms with van der Waals surface area (Å²) in [5.74, 6) is 1.72. The third-order valence-corrected chi connectivity index (χ3v) is 3.09. The first kappa shape index (κ1) is 12.8. The molecule has 0 aliphatic rings. The summed E-state index contributed by atoms with van der Waals surface area (Å²) in [6.07, 6.45) is 1.06. The van der Waals surface area contributed by atoms with Gasteiger partial charge in [-0.25, -0.2) is 0 Å². The highest BCUT2D eigenvalue weighted by Crippen LogP contribution is 2.31. The van der Waals surface area contributed by atoms with Crippen LogP contribution in [0.1, 0.15) is 31.7 Å². The van der Waals surface area contributed by atoms with E-state index in [-0.39, 0.29) is 0 Å². The molecular formula is C14H15ClN2O. The van der Waals surface area contributed by atoms with Crippen LogP contribution in [0.15, 0.2) is 36.4 Å². The Morgan fingerprint density at radius 3 is 2.61 bits per heavy atom.